The molecule has 140 valence electrons. The van der Waals surface area contributed by atoms with Gasteiger partial charge in [0.2, 0.25) is 0 Å². The summed E-state index contributed by atoms with van der Waals surface area (Å²) < 4.78 is 34.4. The molecule has 2 atom stereocenters. The van der Waals surface area contributed by atoms with Crippen LogP contribution in [0, 0.1) is 19.8 Å². The van der Waals surface area contributed by atoms with Crippen LogP contribution in [0.1, 0.15) is 65.6 Å². The Labute approximate surface area is 154 Å². The summed E-state index contributed by atoms with van der Waals surface area (Å²) in [4.78, 5) is 12.3. The van der Waals surface area contributed by atoms with Crippen LogP contribution in [-0.2, 0) is 16.5 Å². The number of fused-ring (bicyclic) bond motifs is 1. The molecule has 0 spiro atoms. The van der Waals surface area contributed by atoms with E-state index in [4.69, 9.17) is 0 Å². The molecular formula is C19H24N2O4S. The number of Topliss-reactive ketones (excluding diaryl/α,β-unsaturated/α-hetero) is 1. The van der Waals surface area contributed by atoms with Gasteiger partial charge in [0, 0.05) is 6.42 Å². The molecule has 7 heteroatoms. The van der Waals surface area contributed by atoms with Crippen molar-refractivity contribution in [3.05, 3.63) is 46.3 Å². The Kier molecular flexibility index (Phi) is 4.79. The minimum absolute atomic E-state index is 0.126. The number of hydrogen-bond donors (Lipinski definition) is 1. The van der Waals surface area contributed by atoms with Crippen LogP contribution in [-0.4, -0.2) is 28.5 Å². The summed E-state index contributed by atoms with van der Waals surface area (Å²) in [5, 5.41) is 4.64. The van der Waals surface area contributed by atoms with Gasteiger partial charge in [0.25, 0.3) is 10.1 Å². The van der Waals surface area contributed by atoms with Crippen LogP contribution in [0.2, 0.25) is 0 Å². The normalized spacial score (nSPS) is 18.7. The lowest BCUT2D eigenvalue weighted by atomic mass is 9.86. The van der Waals surface area contributed by atoms with E-state index in [1.807, 2.05) is 25.5 Å². The van der Waals surface area contributed by atoms with Gasteiger partial charge in [-0.15, -0.1) is 0 Å². The summed E-state index contributed by atoms with van der Waals surface area (Å²) in [7, 11) is -4.28. The molecule has 0 radical (unpaired) electrons. The van der Waals surface area contributed by atoms with Crippen molar-refractivity contribution in [1.82, 2.24) is 9.78 Å². The predicted octanol–water partition coefficient (Wildman–Crippen LogP) is 3.51. The molecule has 1 aromatic carbocycles. The van der Waals surface area contributed by atoms with Crippen LogP contribution in [0.4, 0.5) is 0 Å². The van der Waals surface area contributed by atoms with Gasteiger partial charge in [0.05, 0.1) is 27.9 Å². The second kappa shape index (κ2) is 6.63. The molecule has 0 fully saturated rings. The third-order valence-electron chi connectivity index (χ3n) is 5.13. The van der Waals surface area contributed by atoms with Gasteiger partial charge in [-0.3, -0.25) is 14.0 Å². The van der Waals surface area contributed by atoms with E-state index in [9.17, 15) is 17.8 Å². The van der Waals surface area contributed by atoms with Gasteiger partial charge < -0.3 is 0 Å². The van der Waals surface area contributed by atoms with Crippen LogP contribution in [0.5, 0.6) is 0 Å². The Morgan fingerprint density at radius 1 is 1.31 bits per heavy atom. The number of aromatic nitrogens is 2. The minimum Gasteiger partial charge on any atom is -0.294 e. The van der Waals surface area contributed by atoms with Crippen molar-refractivity contribution in [2.45, 2.75) is 57.9 Å². The topological polar surface area (TPSA) is 89.3 Å². The highest BCUT2D eigenvalue weighted by Gasteiger charge is 2.31. The molecule has 1 N–H and O–H groups in total. The van der Waals surface area contributed by atoms with Crippen LogP contribution in [0.25, 0.3) is 0 Å². The molecule has 0 saturated carbocycles. The summed E-state index contributed by atoms with van der Waals surface area (Å²) in [6, 6.07) is 4.40. The highest BCUT2D eigenvalue weighted by Crippen LogP contribution is 2.34. The predicted molar refractivity (Wildman–Crippen MR) is 98.2 cm³/mol. The van der Waals surface area contributed by atoms with Crippen molar-refractivity contribution in [3.63, 3.8) is 0 Å². The number of hydrogen-bond acceptors (Lipinski definition) is 4. The van der Waals surface area contributed by atoms with Gasteiger partial charge in [-0.2, -0.15) is 13.5 Å². The third kappa shape index (κ3) is 3.21. The first kappa shape index (κ1) is 18.8. The minimum atomic E-state index is -4.28. The Bertz CT molecular complexity index is 976. The fraction of sp³-hybridized carbons (Fsp3) is 0.474. The lowest BCUT2D eigenvalue weighted by Crippen LogP contribution is -2.23. The largest absolute Gasteiger partial charge is 0.294 e. The van der Waals surface area contributed by atoms with E-state index >= 15 is 0 Å². The maximum absolute atomic E-state index is 12.5. The van der Waals surface area contributed by atoms with Crippen molar-refractivity contribution in [1.29, 1.82) is 0 Å². The Morgan fingerprint density at radius 2 is 2.00 bits per heavy atom. The molecule has 1 aromatic heterocycles. The van der Waals surface area contributed by atoms with Crippen molar-refractivity contribution in [2.24, 2.45) is 5.92 Å². The molecule has 1 heterocycles. The Balaban J connectivity index is 2.18. The molecule has 0 saturated heterocycles. The van der Waals surface area contributed by atoms with Gasteiger partial charge in [0.15, 0.2) is 5.78 Å². The van der Waals surface area contributed by atoms with E-state index in [0.717, 1.165) is 28.9 Å². The quantitative estimate of drug-likeness (QED) is 0.825. The number of carbonyl (C=O) groups excluding carboxylic acids is 1. The van der Waals surface area contributed by atoms with Gasteiger partial charge in [0.1, 0.15) is 0 Å². The molecule has 3 rings (SSSR count). The number of ketones is 1. The molecule has 1 aliphatic carbocycles. The van der Waals surface area contributed by atoms with Gasteiger partial charge >= 0.3 is 0 Å². The van der Waals surface area contributed by atoms with E-state index < -0.39 is 10.1 Å². The number of carbonyl (C=O) groups is 1. The van der Waals surface area contributed by atoms with Gasteiger partial charge in [-0.05, 0) is 55.9 Å². The zero-order chi connectivity index (χ0) is 19.2. The van der Waals surface area contributed by atoms with Crippen molar-refractivity contribution in [3.8, 4) is 0 Å². The number of aryl methyl sites for hydroxylation is 2. The fourth-order valence-corrected chi connectivity index (χ4v) is 4.41. The highest BCUT2D eigenvalue weighted by atomic mass is 32.2. The van der Waals surface area contributed by atoms with Gasteiger partial charge in [-0.25, -0.2) is 0 Å². The molecule has 2 aromatic rings. The summed E-state index contributed by atoms with van der Waals surface area (Å²) in [6.07, 6.45) is 1.99. The first-order valence-corrected chi connectivity index (χ1v) is 10.3. The van der Waals surface area contributed by atoms with Crippen LogP contribution in [0.15, 0.2) is 23.1 Å². The SMILES string of the molecule is CCC(c1cc(S(=O)(=O)O)ccc1C)n1nc(C)c2c1CC(C)CC2=O. The zero-order valence-electron chi connectivity index (χ0n) is 15.5. The van der Waals surface area contributed by atoms with E-state index in [1.165, 1.54) is 12.1 Å². The molecular weight excluding hydrogens is 352 g/mol. The maximum Gasteiger partial charge on any atom is 0.294 e. The monoisotopic (exact) mass is 376 g/mol. The number of rotatable bonds is 4. The van der Waals surface area contributed by atoms with Crippen LogP contribution >= 0.6 is 0 Å². The second-order valence-electron chi connectivity index (χ2n) is 7.21. The Morgan fingerprint density at radius 3 is 2.62 bits per heavy atom. The standard InChI is InChI=1S/C19H24N2O4S/c1-5-16(15-10-14(26(23,24)25)7-6-12(15)3)21-17-8-11(2)9-18(22)19(17)13(4)20-21/h6-7,10-11,16H,5,8-9H2,1-4H3,(H,23,24,25). The van der Waals surface area contributed by atoms with Crippen molar-refractivity contribution < 1.29 is 17.8 Å². The first-order chi connectivity index (χ1) is 12.1. The smallest absolute Gasteiger partial charge is 0.294 e. The Hall–Kier alpha value is -1.99. The number of nitrogens with zero attached hydrogens (tertiary/aromatic N) is 2. The van der Waals surface area contributed by atoms with Crippen molar-refractivity contribution in [2.75, 3.05) is 0 Å². The summed E-state index contributed by atoms with van der Waals surface area (Å²) in [6.45, 7) is 7.81. The van der Waals surface area contributed by atoms with Crippen molar-refractivity contribution >= 4 is 15.9 Å². The van der Waals surface area contributed by atoms with E-state index in [2.05, 4.69) is 12.0 Å². The van der Waals surface area contributed by atoms with E-state index in [1.54, 1.807) is 6.07 Å². The van der Waals surface area contributed by atoms with Crippen LogP contribution in [0.3, 0.4) is 0 Å². The zero-order valence-corrected chi connectivity index (χ0v) is 16.3. The summed E-state index contributed by atoms with van der Waals surface area (Å²) >= 11 is 0. The van der Waals surface area contributed by atoms with Crippen LogP contribution < -0.4 is 0 Å². The molecule has 6 nitrogen and oxygen atoms in total. The molecule has 0 aliphatic heterocycles. The molecule has 2 unspecified atom stereocenters. The third-order valence-corrected chi connectivity index (χ3v) is 5.98. The fourth-order valence-electron chi connectivity index (χ4n) is 3.89. The first-order valence-electron chi connectivity index (χ1n) is 8.82. The summed E-state index contributed by atoms with van der Waals surface area (Å²) in [5.41, 5.74) is 4.07. The number of benzene rings is 1. The second-order valence-corrected chi connectivity index (χ2v) is 8.63. The lowest BCUT2D eigenvalue weighted by Gasteiger charge is -2.25. The molecule has 0 bridgehead atoms. The molecule has 1 aliphatic rings. The summed E-state index contributed by atoms with van der Waals surface area (Å²) in [5.74, 6) is 0.383. The molecule has 26 heavy (non-hydrogen) atoms. The van der Waals surface area contributed by atoms with Gasteiger partial charge in [-0.1, -0.05) is 19.9 Å². The maximum atomic E-state index is 12.5. The molecule has 0 amide bonds. The average molecular weight is 376 g/mol. The highest BCUT2D eigenvalue weighted by molar-refractivity contribution is 7.85. The van der Waals surface area contributed by atoms with E-state index in [0.29, 0.717) is 18.4 Å². The van der Waals surface area contributed by atoms with E-state index in [-0.39, 0.29) is 22.6 Å². The lowest BCUT2D eigenvalue weighted by molar-refractivity contribution is 0.0951. The average Bonchev–Trinajstić information content (AvgIpc) is 2.85.